The van der Waals surface area contributed by atoms with E-state index in [1.807, 2.05) is 36.4 Å². The quantitative estimate of drug-likeness (QED) is 0.374. The minimum atomic E-state index is -3.52. The number of fused-ring (bicyclic) bond motifs is 1. The van der Waals surface area contributed by atoms with Crippen molar-refractivity contribution in [1.29, 1.82) is 0 Å². The number of hydrogen-bond acceptors (Lipinski definition) is 5. The fourth-order valence-corrected chi connectivity index (χ4v) is 5.63. The Morgan fingerprint density at radius 2 is 1.72 bits per heavy atom. The summed E-state index contributed by atoms with van der Waals surface area (Å²) in [6, 6.07) is 18.6. The Morgan fingerprint density at radius 3 is 2.44 bits per heavy atom. The highest BCUT2D eigenvalue weighted by Crippen LogP contribution is 2.28. The number of nitrogens with zero attached hydrogens (tertiary/aromatic N) is 3. The van der Waals surface area contributed by atoms with Crippen LogP contribution < -0.4 is 10.0 Å². The van der Waals surface area contributed by atoms with Gasteiger partial charge in [-0.2, -0.15) is 9.61 Å². The lowest BCUT2D eigenvalue weighted by atomic mass is 10.1. The number of nitrogens with one attached hydrogen (secondary N) is 2. The molecule has 4 aromatic rings. The maximum absolute atomic E-state index is 12.7. The lowest BCUT2D eigenvalue weighted by Crippen LogP contribution is -2.32. The predicted molar refractivity (Wildman–Crippen MR) is 128 cm³/mol. The molecule has 1 fully saturated rings. The van der Waals surface area contributed by atoms with Crippen molar-refractivity contribution in [2.24, 2.45) is 0 Å². The van der Waals surface area contributed by atoms with E-state index in [2.05, 4.69) is 31.1 Å². The van der Waals surface area contributed by atoms with E-state index in [1.54, 1.807) is 35.0 Å². The molecular formula is C23H22BrN5O2S. The van der Waals surface area contributed by atoms with E-state index in [1.165, 1.54) is 0 Å². The van der Waals surface area contributed by atoms with Crippen molar-refractivity contribution in [2.75, 3.05) is 5.32 Å². The second-order valence-corrected chi connectivity index (χ2v) is 10.4. The summed E-state index contributed by atoms with van der Waals surface area (Å²) in [4.78, 5) is 4.99. The first-order chi connectivity index (χ1) is 15.5. The maximum Gasteiger partial charge on any atom is 0.240 e. The molecule has 0 spiro atoms. The molecule has 0 radical (unpaired) electrons. The Kier molecular flexibility index (Phi) is 5.71. The molecule has 1 saturated carbocycles. The molecule has 0 saturated heterocycles. The fourth-order valence-electron chi connectivity index (χ4n) is 3.98. The highest BCUT2D eigenvalue weighted by atomic mass is 79.9. The number of hydrogen-bond donors (Lipinski definition) is 2. The molecule has 164 valence electrons. The van der Waals surface area contributed by atoms with Crippen LogP contribution in [0.4, 0.5) is 11.5 Å². The van der Waals surface area contributed by atoms with Crippen LogP contribution in [0.5, 0.6) is 0 Å². The Morgan fingerprint density at radius 1 is 1.00 bits per heavy atom. The van der Waals surface area contributed by atoms with Crippen LogP contribution in [0.25, 0.3) is 16.9 Å². The molecule has 0 unspecified atom stereocenters. The third-order valence-corrected chi connectivity index (χ3v) is 7.71. The van der Waals surface area contributed by atoms with Crippen LogP contribution in [-0.4, -0.2) is 29.1 Å². The first kappa shape index (κ1) is 21.1. The molecule has 2 aromatic heterocycles. The zero-order chi connectivity index (χ0) is 22.1. The number of benzene rings is 2. The van der Waals surface area contributed by atoms with Crippen LogP contribution in [0.3, 0.4) is 0 Å². The number of anilines is 2. The number of sulfonamides is 1. The Hall–Kier alpha value is -2.75. The molecule has 0 amide bonds. The van der Waals surface area contributed by atoms with Gasteiger partial charge in [0, 0.05) is 23.4 Å². The molecule has 7 nitrogen and oxygen atoms in total. The van der Waals surface area contributed by atoms with Gasteiger partial charge in [-0.15, -0.1) is 0 Å². The molecule has 2 N–H and O–H groups in total. The highest BCUT2D eigenvalue weighted by Gasteiger charge is 2.22. The number of halogens is 1. The van der Waals surface area contributed by atoms with Gasteiger partial charge >= 0.3 is 0 Å². The largest absolute Gasteiger partial charge is 0.340 e. The smallest absolute Gasteiger partial charge is 0.240 e. The van der Waals surface area contributed by atoms with Gasteiger partial charge in [-0.1, -0.05) is 43.2 Å². The summed E-state index contributed by atoms with van der Waals surface area (Å²) in [7, 11) is -3.52. The summed E-state index contributed by atoms with van der Waals surface area (Å²) in [6.07, 6.45) is 5.66. The van der Waals surface area contributed by atoms with Gasteiger partial charge in [-0.3, -0.25) is 0 Å². The van der Waals surface area contributed by atoms with Crippen LogP contribution >= 0.6 is 15.9 Å². The zero-order valence-corrected chi connectivity index (χ0v) is 19.6. The number of aromatic nitrogens is 3. The van der Waals surface area contributed by atoms with Crippen molar-refractivity contribution >= 4 is 43.1 Å². The monoisotopic (exact) mass is 511 g/mol. The standard InChI is InChI=1S/C23H22BrN5O2S/c24-20-15-25-29-22(14-21(27-23(20)29)16-6-2-1-3-7-16)26-17-10-12-19(13-11-17)32(30,31)28-18-8-4-5-9-18/h1-3,6-7,10-15,18,26,28H,4-5,8-9H2. The van der Waals surface area contributed by atoms with Crippen molar-refractivity contribution < 1.29 is 8.42 Å². The normalized spacial score (nSPS) is 14.8. The van der Waals surface area contributed by atoms with Crippen molar-refractivity contribution in [3.8, 4) is 11.3 Å². The maximum atomic E-state index is 12.7. The van der Waals surface area contributed by atoms with E-state index >= 15 is 0 Å². The highest BCUT2D eigenvalue weighted by molar-refractivity contribution is 9.10. The summed E-state index contributed by atoms with van der Waals surface area (Å²) in [5, 5.41) is 7.75. The van der Waals surface area contributed by atoms with Crippen molar-refractivity contribution in [2.45, 2.75) is 36.6 Å². The minimum Gasteiger partial charge on any atom is -0.340 e. The first-order valence-corrected chi connectivity index (χ1v) is 12.8. The zero-order valence-electron chi connectivity index (χ0n) is 17.2. The van der Waals surface area contributed by atoms with Gasteiger partial charge in [0.05, 0.1) is 21.3 Å². The molecule has 5 rings (SSSR count). The fraction of sp³-hybridized carbons (Fsp3) is 0.217. The molecule has 2 heterocycles. The van der Waals surface area contributed by atoms with E-state index in [-0.39, 0.29) is 10.9 Å². The SMILES string of the molecule is O=S(=O)(NC1CCCC1)c1ccc(Nc2cc(-c3ccccc3)nc3c(Br)cnn23)cc1. The topological polar surface area (TPSA) is 88.4 Å². The van der Waals surface area contributed by atoms with E-state index in [4.69, 9.17) is 4.98 Å². The average molecular weight is 512 g/mol. The van der Waals surface area contributed by atoms with Crippen molar-refractivity contribution in [1.82, 2.24) is 19.3 Å². The third kappa shape index (κ3) is 4.28. The molecule has 0 atom stereocenters. The van der Waals surface area contributed by atoms with Crippen LogP contribution in [0.2, 0.25) is 0 Å². The molecule has 0 bridgehead atoms. The molecule has 32 heavy (non-hydrogen) atoms. The second kappa shape index (κ2) is 8.65. The Bertz CT molecular complexity index is 1350. The van der Waals surface area contributed by atoms with E-state index < -0.39 is 10.0 Å². The summed E-state index contributed by atoms with van der Waals surface area (Å²) in [5.74, 6) is 0.722. The molecule has 1 aliphatic rings. The molecule has 0 aliphatic heterocycles. The molecule has 2 aromatic carbocycles. The van der Waals surface area contributed by atoms with E-state index in [0.29, 0.717) is 5.65 Å². The molecule has 9 heteroatoms. The summed E-state index contributed by atoms with van der Waals surface area (Å²) in [5.41, 5.74) is 3.24. The average Bonchev–Trinajstić information content (AvgIpc) is 3.44. The van der Waals surface area contributed by atoms with Gasteiger partial charge in [-0.05, 0) is 53.0 Å². The predicted octanol–water partition coefficient (Wildman–Crippen LogP) is 5.12. The van der Waals surface area contributed by atoms with Gasteiger partial charge in [0.1, 0.15) is 5.82 Å². The lowest BCUT2D eigenvalue weighted by molar-refractivity contribution is 0.552. The Balaban J connectivity index is 1.44. The van der Waals surface area contributed by atoms with Crippen LogP contribution in [0.1, 0.15) is 25.7 Å². The van der Waals surface area contributed by atoms with Gasteiger partial charge in [-0.25, -0.2) is 18.1 Å². The summed E-state index contributed by atoms with van der Waals surface area (Å²) < 4.78 is 30.7. The van der Waals surface area contributed by atoms with Crippen LogP contribution in [-0.2, 0) is 10.0 Å². The second-order valence-electron chi connectivity index (χ2n) is 7.87. The van der Waals surface area contributed by atoms with Gasteiger partial charge in [0.25, 0.3) is 0 Å². The van der Waals surface area contributed by atoms with E-state index in [0.717, 1.165) is 52.9 Å². The van der Waals surface area contributed by atoms with Gasteiger partial charge in [0.15, 0.2) is 5.65 Å². The lowest BCUT2D eigenvalue weighted by Gasteiger charge is -2.14. The van der Waals surface area contributed by atoms with Crippen molar-refractivity contribution in [3.05, 3.63) is 71.3 Å². The van der Waals surface area contributed by atoms with E-state index in [9.17, 15) is 8.42 Å². The summed E-state index contributed by atoms with van der Waals surface area (Å²) >= 11 is 3.51. The molecule has 1 aliphatic carbocycles. The van der Waals surface area contributed by atoms with Crippen LogP contribution in [0, 0.1) is 0 Å². The van der Waals surface area contributed by atoms with Gasteiger partial charge < -0.3 is 5.32 Å². The molecular weight excluding hydrogens is 490 g/mol. The minimum absolute atomic E-state index is 0.0394. The summed E-state index contributed by atoms with van der Waals surface area (Å²) in [6.45, 7) is 0. The van der Waals surface area contributed by atoms with Crippen molar-refractivity contribution in [3.63, 3.8) is 0 Å². The third-order valence-electron chi connectivity index (χ3n) is 5.61. The first-order valence-electron chi connectivity index (χ1n) is 10.5. The Labute approximate surface area is 195 Å². The number of rotatable bonds is 6. The van der Waals surface area contributed by atoms with Gasteiger partial charge in [0.2, 0.25) is 10.0 Å². The van der Waals surface area contributed by atoms with Crippen LogP contribution in [0.15, 0.2) is 76.2 Å².